The first kappa shape index (κ1) is 16.7. The van der Waals surface area contributed by atoms with E-state index in [4.69, 9.17) is 0 Å². The molecule has 4 rings (SSSR count). The zero-order valence-corrected chi connectivity index (χ0v) is 14.1. The standard InChI is InChI=1S/C21H14FN3O2/c22-19-16(7-4-8-17(19)21(26)27)18-13-25(15-5-2-1-3-6-15)24-20(18)14-9-11-23-12-10-14/h1-13H,(H,26,27). The minimum absolute atomic E-state index is 0.184. The van der Waals surface area contributed by atoms with Crippen LogP contribution in [0.2, 0.25) is 0 Å². The topological polar surface area (TPSA) is 68.0 Å². The van der Waals surface area contributed by atoms with E-state index in [2.05, 4.69) is 10.1 Å². The van der Waals surface area contributed by atoms with Gasteiger partial charge in [0.05, 0.1) is 11.3 Å². The highest BCUT2D eigenvalue weighted by Gasteiger charge is 2.20. The average Bonchev–Trinajstić information content (AvgIpc) is 3.14. The third-order valence-electron chi connectivity index (χ3n) is 4.21. The zero-order chi connectivity index (χ0) is 18.8. The summed E-state index contributed by atoms with van der Waals surface area (Å²) in [7, 11) is 0. The van der Waals surface area contributed by atoms with Crippen molar-refractivity contribution in [2.75, 3.05) is 0 Å². The molecule has 0 aliphatic carbocycles. The second-order valence-electron chi connectivity index (χ2n) is 5.88. The molecule has 0 fully saturated rings. The van der Waals surface area contributed by atoms with Crippen molar-refractivity contribution in [1.82, 2.24) is 14.8 Å². The smallest absolute Gasteiger partial charge is 0.338 e. The van der Waals surface area contributed by atoms with Gasteiger partial charge in [0, 0.05) is 35.3 Å². The molecule has 0 unspecified atom stereocenters. The molecule has 0 aliphatic rings. The molecule has 2 aromatic carbocycles. The van der Waals surface area contributed by atoms with Gasteiger partial charge in [0.15, 0.2) is 0 Å². The predicted molar refractivity (Wildman–Crippen MR) is 99.1 cm³/mol. The number of aromatic nitrogens is 3. The van der Waals surface area contributed by atoms with E-state index < -0.39 is 11.8 Å². The van der Waals surface area contributed by atoms with E-state index in [1.807, 2.05) is 30.3 Å². The van der Waals surface area contributed by atoms with E-state index in [9.17, 15) is 14.3 Å². The van der Waals surface area contributed by atoms with Gasteiger partial charge in [0.25, 0.3) is 0 Å². The normalized spacial score (nSPS) is 10.7. The van der Waals surface area contributed by atoms with Gasteiger partial charge < -0.3 is 5.11 Å². The van der Waals surface area contributed by atoms with Crippen molar-refractivity contribution in [3.05, 3.63) is 90.6 Å². The van der Waals surface area contributed by atoms with E-state index in [1.165, 1.54) is 12.1 Å². The van der Waals surface area contributed by atoms with Crippen LogP contribution in [0.15, 0.2) is 79.3 Å². The number of hydrogen-bond acceptors (Lipinski definition) is 3. The van der Waals surface area contributed by atoms with Gasteiger partial charge in [0.1, 0.15) is 11.5 Å². The molecular weight excluding hydrogens is 345 g/mol. The Morgan fingerprint density at radius 2 is 1.67 bits per heavy atom. The first-order valence-electron chi connectivity index (χ1n) is 8.23. The number of rotatable bonds is 4. The average molecular weight is 359 g/mol. The summed E-state index contributed by atoms with van der Waals surface area (Å²) in [6, 6.07) is 17.3. The van der Waals surface area contributed by atoms with Crippen molar-refractivity contribution in [1.29, 1.82) is 0 Å². The van der Waals surface area contributed by atoms with Gasteiger partial charge in [-0.3, -0.25) is 4.98 Å². The Bertz CT molecular complexity index is 1110. The van der Waals surface area contributed by atoms with Gasteiger partial charge in [-0.25, -0.2) is 13.9 Å². The fraction of sp³-hybridized carbons (Fsp3) is 0. The van der Waals surface area contributed by atoms with Crippen molar-refractivity contribution in [3.63, 3.8) is 0 Å². The molecule has 4 aromatic rings. The lowest BCUT2D eigenvalue weighted by Crippen LogP contribution is -2.01. The highest BCUT2D eigenvalue weighted by atomic mass is 19.1. The van der Waals surface area contributed by atoms with Crippen molar-refractivity contribution < 1.29 is 14.3 Å². The number of pyridine rings is 1. The summed E-state index contributed by atoms with van der Waals surface area (Å²) in [4.78, 5) is 15.3. The molecule has 0 amide bonds. The van der Waals surface area contributed by atoms with Crippen LogP contribution in [-0.4, -0.2) is 25.8 Å². The van der Waals surface area contributed by atoms with Crippen LogP contribution >= 0.6 is 0 Å². The lowest BCUT2D eigenvalue weighted by Gasteiger charge is -2.06. The fourth-order valence-corrected chi connectivity index (χ4v) is 2.91. The first-order chi connectivity index (χ1) is 13.1. The number of carbonyl (C=O) groups is 1. The van der Waals surface area contributed by atoms with E-state index in [0.717, 1.165) is 11.3 Å². The molecular formula is C21H14FN3O2. The Morgan fingerprint density at radius 3 is 2.37 bits per heavy atom. The maximum absolute atomic E-state index is 14.9. The van der Waals surface area contributed by atoms with Crippen LogP contribution in [0.1, 0.15) is 10.4 Å². The Kier molecular flexibility index (Phi) is 4.22. The van der Waals surface area contributed by atoms with Gasteiger partial charge in [-0.2, -0.15) is 5.10 Å². The van der Waals surface area contributed by atoms with Crippen molar-refractivity contribution in [2.45, 2.75) is 0 Å². The first-order valence-corrected chi connectivity index (χ1v) is 8.23. The van der Waals surface area contributed by atoms with Crippen LogP contribution < -0.4 is 0 Å². The number of carboxylic acids is 1. The molecule has 0 bridgehead atoms. The lowest BCUT2D eigenvalue weighted by molar-refractivity contribution is 0.0692. The summed E-state index contributed by atoms with van der Waals surface area (Å²) >= 11 is 0. The third kappa shape index (κ3) is 3.08. The molecule has 2 heterocycles. The SMILES string of the molecule is O=C(O)c1cccc(-c2cn(-c3ccccc3)nc2-c2ccncc2)c1F. The van der Waals surface area contributed by atoms with E-state index in [1.54, 1.807) is 41.5 Å². The van der Waals surface area contributed by atoms with Gasteiger partial charge in [0.2, 0.25) is 0 Å². The number of halogens is 1. The minimum Gasteiger partial charge on any atom is -0.478 e. The number of aromatic carboxylic acids is 1. The largest absolute Gasteiger partial charge is 0.478 e. The highest BCUT2D eigenvalue weighted by molar-refractivity contribution is 5.91. The lowest BCUT2D eigenvalue weighted by atomic mass is 10.00. The molecule has 6 heteroatoms. The zero-order valence-electron chi connectivity index (χ0n) is 14.1. The molecule has 0 saturated heterocycles. The van der Waals surface area contributed by atoms with Crippen molar-refractivity contribution >= 4 is 5.97 Å². The number of para-hydroxylation sites is 1. The van der Waals surface area contributed by atoms with Gasteiger partial charge in [-0.05, 0) is 30.3 Å². The molecule has 0 spiro atoms. The Morgan fingerprint density at radius 1 is 0.926 bits per heavy atom. The monoisotopic (exact) mass is 359 g/mol. The molecule has 2 aromatic heterocycles. The summed E-state index contributed by atoms with van der Waals surface area (Å²) in [5.41, 5.74) is 2.43. The third-order valence-corrected chi connectivity index (χ3v) is 4.21. The molecule has 5 nitrogen and oxygen atoms in total. The summed E-state index contributed by atoms with van der Waals surface area (Å²) in [6.07, 6.45) is 4.96. The second kappa shape index (κ2) is 6.84. The van der Waals surface area contributed by atoms with Crippen LogP contribution in [0.3, 0.4) is 0 Å². The summed E-state index contributed by atoms with van der Waals surface area (Å²) in [6.45, 7) is 0. The predicted octanol–water partition coefficient (Wildman–Crippen LogP) is 4.44. The van der Waals surface area contributed by atoms with E-state index in [-0.39, 0.29) is 11.1 Å². The van der Waals surface area contributed by atoms with Gasteiger partial charge >= 0.3 is 5.97 Å². The minimum atomic E-state index is -1.31. The molecule has 0 aliphatic heterocycles. The molecule has 132 valence electrons. The molecule has 1 N–H and O–H groups in total. The van der Waals surface area contributed by atoms with Crippen LogP contribution in [0.4, 0.5) is 4.39 Å². The van der Waals surface area contributed by atoms with E-state index >= 15 is 0 Å². The van der Waals surface area contributed by atoms with Crippen molar-refractivity contribution in [2.24, 2.45) is 0 Å². The Balaban J connectivity index is 1.96. The van der Waals surface area contributed by atoms with Crippen LogP contribution in [0, 0.1) is 5.82 Å². The Labute approximate surface area is 154 Å². The highest BCUT2D eigenvalue weighted by Crippen LogP contribution is 2.34. The number of nitrogens with zero attached hydrogens (tertiary/aromatic N) is 3. The summed E-state index contributed by atoms with van der Waals surface area (Å²) in [5, 5.41) is 13.9. The van der Waals surface area contributed by atoms with Crippen LogP contribution in [-0.2, 0) is 0 Å². The molecule has 0 saturated carbocycles. The fourth-order valence-electron chi connectivity index (χ4n) is 2.91. The van der Waals surface area contributed by atoms with Crippen LogP contribution in [0.25, 0.3) is 28.1 Å². The molecule has 0 atom stereocenters. The molecule has 27 heavy (non-hydrogen) atoms. The maximum atomic E-state index is 14.9. The number of hydrogen-bond donors (Lipinski definition) is 1. The quantitative estimate of drug-likeness (QED) is 0.585. The van der Waals surface area contributed by atoms with Gasteiger partial charge in [-0.15, -0.1) is 0 Å². The number of carboxylic acid groups (broad SMARTS) is 1. The summed E-state index contributed by atoms with van der Waals surface area (Å²) in [5.74, 6) is -2.09. The maximum Gasteiger partial charge on any atom is 0.338 e. The van der Waals surface area contributed by atoms with Crippen LogP contribution in [0.5, 0.6) is 0 Å². The molecule has 0 radical (unpaired) electrons. The second-order valence-corrected chi connectivity index (χ2v) is 5.88. The van der Waals surface area contributed by atoms with Gasteiger partial charge in [-0.1, -0.05) is 30.3 Å². The van der Waals surface area contributed by atoms with Crippen molar-refractivity contribution in [3.8, 4) is 28.1 Å². The summed E-state index contributed by atoms with van der Waals surface area (Å²) < 4.78 is 16.5. The van der Waals surface area contributed by atoms with E-state index in [0.29, 0.717) is 11.3 Å². The Hall–Kier alpha value is -3.80. The number of benzene rings is 2.